The van der Waals surface area contributed by atoms with E-state index < -0.39 is 34.2 Å². The van der Waals surface area contributed by atoms with Crippen LogP contribution in [-0.2, 0) is 28.5 Å². The average molecular weight is 469 g/mol. The van der Waals surface area contributed by atoms with Gasteiger partial charge in [0.1, 0.15) is 17.5 Å². The zero-order valence-corrected chi connectivity index (χ0v) is 20.2. The SMILES string of the molecule is C=C1C[C@@H]2OC(C)(C)[C@@H]3CC(=O)[C@]4(C)[C@@H](CC[C@@]5(C)[C@H](c6ccoc6)OC(=O)[C@@H]6O[C@]654)[C@]23CO1. The monoisotopic (exact) mass is 468 g/mol. The van der Waals surface area contributed by atoms with Crippen LogP contribution in [0.3, 0.4) is 0 Å². The maximum Gasteiger partial charge on any atom is 0.339 e. The Kier molecular flexibility index (Phi) is 3.73. The van der Waals surface area contributed by atoms with E-state index in [2.05, 4.69) is 34.3 Å². The molecule has 2 spiro atoms. The summed E-state index contributed by atoms with van der Waals surface area (Å²) >= 11 is 0. The first-order valence-electron chi connectivity index (χ1n) is 12.4. The van der Waals surface area contributed by atoms with Gasteiger partial charge in [-0.25, -0.2) is 4.79 Å². The van der Waals surface area contributed by atoms with Crippen molar-refractivity contribution in [3.8, 4) is 0 Å². The van der Waals surface area contributed by atoms with E-state index >= 15 is 0 Å². The molecule has 0 radical (unpaired) electrons. The van der Waals surface area contributed by atoms with Gasteiger partial charge < -0.3 is 23.4 Å². The topological polar surface area (TPSA) is 87.5 Å². The molecule has 34 heavy (non-hydrogen) atoms. The zero-order chi connectivity index (χ0) is 23.9. The molecule has 0 unspecified atom stereocenters. The van der Waals surface area contributed by atoms with Crippen molar-refractivity contribution in [1.82, 2.24) is 0 Å². The molecule has 0 amide bonds. The van der Waals surface area contributed by atoms with Gasteiger partial charge in [0.15, 0.2) is 6.10 Å². The lowest BCUT2D eigenvalue weighted by Gasteiger charge is -2.65. The van der Waals surface area contributed by atoms with Gasteiger partial charge >= 0.3 is 5.97 Å². The normalized spacial score (nSPS) is 52.4. The molecule has 7 rings (SSSR count). The van der Waals surface area contributed by atoms with Crippen LogP contribution in [0.1, 0.15) is 65.0 Å². The lowest BCUT2D eigenvalue weighted by Crippen LogP contribution is -2.72. The lowest BCUT2D eigenvalue weighted by atomic mass is 9.37. The van der Waals surface area contributed by atoms with Crippen LogP contribution < -0.4 is 0 Å². The summed E-state index contributed by atoms with van der Waals surface area (Å²) in [6, 6.07) is 1.84. The smallest absolute Gasteiger partial charge is 0.339 e. The molecule has 0 N–H and O–H groups in total. The molecule has 7 heteroatoms. The van der Waals surface area contributed by atoms with Crippen LogP contribution in [0.15, 0.2) is 35.3 Å². The molecule has 6 aliphatic rings. The second-order valence-electron chi connectivity index (χ2n) is 12.4. The Bertz CT molecular complexity index is 1120. The largest absolute Gasteiger partial charge is 0.498 e. The number of furan rings is 1. The fourth-order valence-electron chi connectivity index (χ4n) is 9.42. The fraction of sp³-hybridized carbons (Fsp3) is 0.704. The van der Waals surface area contributed by atoms with Crippen molar-refractivity contribution in [3.63, 3.8) is 0 Å². The number of hydrogen-bond acceptors (Lipinski definition) is 7. The number of fused-ring (bicyclic) bond motifs is 1. The number of rotatable bonds is 1. The second kappa shape index (κ2) is 5.98. The number of carbonyl (C=O) groups is 2. The first kappa shape index (κ1) is 21.2. The number of carbonyl (C=O) groups excluding carboxylic acids is 2. The van der Waals surface area contributed by atoms with Gasteiger partial charge in [-0.3, -0.25) is 4.79 Å². The number of hydrogen-bond donors (Lipinski definition) is 0. The molecule has 1 aromatic heterocycles. The van der Waals surface area contributed by atoms with Crippen molar-refractivity contribution in [2.45, 2.75) is 82.9 Å². The number of Topliss-reactive ketones (excluding diaryl/α,β-unsaturated/α-hetero) is 1. The summed E-state index contributed by atoms with van der Waals surface area (Å²) in [4.78, 5) is 27.4. The molecular weight excluding hydrogens is 436 g/mol. The maximum absolute atomic E-state index is 14.3. The van der Waals surface area contributed by atoms with Crippen LogP contribution in [0.25, 0.3) is 0 Å². The molecule has 2 saturated carbocycles. The van der Waals surface area contributed by atoms with Crippen molar-refractivity contribution in [2.75, 3.05) is 6.61 Å². The summed E-state index contributed by atoms with van der Waals surface area (Å²) in [7, 11) is 0. The van der Waals surface area contributed by atoms with Gasteiger partial charge in [0.25, 0.3) is 0 Å². The van der Waals surface area contributed by atoms with Crippen LogP contribution in [0.5, 0.6) is 0 Å². The molecule has 6 fully saturated rings. The van der Waals surface area contributed by atoms with Crippen molar-refractivity contribution < 1.29 is 33.0 Å². The highest BCUT2D eigenvalue weighted by Crippen LogP contribution is 2.79. The highest BCUT2D eigenvalue weighted by molar-refractivity contribution is 5.93. The molecule has 7 nitrogen and oxygen atoms in total. The molecule has 1 aromatic rings. The summed E-state index contributed by atoms with van der Waals surface area (Å²) in [5.41, 5.74) is -2.28. The van der Waals surface area contributed by atoms with E-state index in [9.17, 15) is 9.59 Å². The molecule has 5 heterocycles. The fourth-order valence-corrected chi connectivity index (χ4v) is 9.42. The van der Waals surface area contributed by atoms with Crippen LogP contribution in [0.4, 0.5) is 0 Å². The summed E-state index contributed by atoms with van der Waals surface area (Å²) in [5.74, 6) is 0.544. The Morgan fingerprint density at radius 3 is 2.56 bits per heavy atom. The quantitative estimate of drug-likeness (QED) is 0.452. The van der Waals surface area contributed by atoms with E-state index in [1.807, 2.05) is 6.07 Å². The summed E-state index contributed by atoms with van der Waals surface area (Å²) in [6.45, 7) is 13.0. The zero-order valence-electron chi connectivity index (χ0n) is 20.2. The Morgan fingerprint density at radius 2 is 1.82 bits per heavy atom. The highest BCUT2D eigenvalue weighted by atomic mass is 16.7. The summed E-state index contributed by atoms with van der Waals surface area (Å²) < 4.78 is 30.6. The summed E-state index contributed by atoms with van der Waals surface area (Å²) in [6.07, 6.45) is 4.52. The van der Waals surface area contributed by atoms with Crippen LogP contribution in [0.2, 0.25) is 0 Å². The Labute approximate surface area is 199 Å². The third-order valence-electron chi connectivity index (χ3n) is 10.8. The van der Waals surface area contributed by atoms with E-state index in [-0.39, 0.29) is 35.1 Å². The van der Waals surface area contributed by atoms with Crippen molar-refractivity contribution in [3.05, 3.63) is 36.5 Å². The van der Waals surface area contributed by atoms with E-state index in [0.717, 1.165) is 24.2 Å². The van der Waals surface area contributed by atoms with E-state index in [0.29, 0.717) is 19.4 Å². The molecule has 0 aromatic carbocycles. The molecular formula is C27H32O7. The lowest BCUT2D eigenvalue weighted by molar-refractivity contribution is -0.222. The third kappa shape index (κ3) is 2.03. The predicted molar refractivity (Wildman–Crippen MR) is 118 cm³/mol. The van der Waals surface area contributed by atoms with Crippen LogP contribution >= 0.6 is 0 Å². The average Bonchev–Trinajstić information content (AvgIpc) is 3.26. The molecule has 0 bridgehead atoms. The van der Waals surface area contributed by atoms with E-state index in [1.54, 1.807) is 12.5 Å². The second-order valence-corrected chi connectivity index (χ2v) is 12.4. The molecule has 2 aliphatic carbocycles. The molecule has 9 atom stereocenters. The minimum atomic E-state index is -0.914. The molecule has 182 valence electrons. The first-order valence-corrected chi connectivity index (χ1v) is 12.4. The molecule has 4 saturated heterocycles. The Hall–Kier alpha value is -2.12. The van der Waals surface area contributed by atoms with Crippen LogP contribution in [0, 0.1) is 28.1 Å². The van der Waals surface area contributed by atoms with Crippen molar-refractivity contribution >= 4 is 11.8 Å². The number of ether oxygens (including phenoxy) is 4. The molecule has 4 aliphatic heterocycles. The van der Waals surface area contributed by atoms with Gasteiger partial charge in [0.2, 0.25) is 0 Å². The predicted octanol–water partition coefficient (Wildman–Crippen LogP) is 4.12. The highest BCUT2D eigenvalue weighted by Gasteiger charge is 2.89. The standard InChI is InChI=1S/C27H32O7/c1-14-10-19-26(13-31-14)16-6-8-24(4)20(15-7-9-30-12-15)32-22(29)21-27(24,34-21)25(16,5)18(28)11-17(26)23(2,3)33-19/h7,9,12,16-17,19-21H,1,6,8,10-11,13H2,2-5H3/t16-,17+,19+,20+,21+,24+,25+,26+,27-/m1/s1. The van der Waals surface area contributed by atoms with E-state index in [4.69, 9.17) is 23.4 Å². The van der Waals surface area contributed by atoms with Crippen LogP contribution in [-0.4, -0.2) is 41.8 Å². The minimum absolute atomic E-state index is 0.0277. The van der Waals surface area contributed by atoms with Gasteiger partial charge in [-0.2, -0.15) is 0 Å². The summed E-state index contributed by atoms with van der Waals surface area (Å²) in [5, 5.41) is 0. The first-order chi connectivity index (χ1) is 16.0. The number of ketones is 1. The van der Waals surface area contributed by atoms with Gasteiger partial charge in [-0.15, -0.1) is 0 Å². The van der Waals surface area contributed by atoms with E-state index in [1.165, 1.54) is 0 Å². The third-order valence-corrected chi connectivity index (χ3v) is 10.8. The number of epoxide rings is 1. The number of esters is 1. The van der Waals surface area contributed by atoms with Gasteiger partial charge in [-0.1, -0.05) is 13.5 Å². The Balaban J connectivity index is 1.41. The van der Waals surface area contributed by atoms with Crippen molar-refractivity contribution in [1.29, 1.82) is 0 Å². The van der Waals surface area contributed by atoms with Gasteiger partial charge in [0, 0.05) is 35.2 Å². The van der Waals surface area contributed by atoms with Crippen molar-refractivity contribution in [2.24, 2.45) is 28.1 Å². The number of cyclic esters (lactones) is 1. The minimum Gasteiger partial charge on any atom is -0.498 e. The maximum atomic E-state index is 14.3. The Morgan fingerprint density at radius 1 is 1.03 bits per heavy atom. The van der Waals surface area contributed by atoms with Gasteiger partial charge in [-0.05, 0) is 45.6 Å². The van der Waals surface area contributed by atoms with Gasteiger partial charge in [0.05, 0.1) is 42.0 Å².